The molecule has 22 heavy (non-hydrogen) atoms. The second-order valence-electron chi connectivity index (χ2n) is 5.36. The van der Waals surface area contributed by atoms with Gasteiger partial charge in [0.05, 0.1) is 11.1 Å². The summed E-state index contributed by atoms with van der Waals surface area (Å²) in [6.07, 6.45) is 0. The Kier molecular flexibility index (Phi) is 5.87. The van der Waals surface area contributed by atoms with Crippen molar-refractivity contribution in [3.05, 3.63) is 69.8 Å². The van der Waals surface area contributed by atoms with Crippen molar-refractivity contribution in [1.29, 1.82) is 0 Å². The molecule has 2 aromatic carbocycles. The van der Waals surface area contributed by atoms with Crippen LogP contribution in [0.4, 0.5) is 0 Å². The molecule has 4 heteroatoms. The summed E-state index contributed by atoms with van der Waals surface area (Å²) in [5, 5.41) is 17.3. The fraction of sp³-hybridized carbons (Fsp3) is 0.222. The number of hydrogen-bond donors (Lipinski definition) is 2. The topological polar surface area (TPSA) is 74.6 Å². The van der Waals surface area contributed by atoms with E-state index in [4.69, 9.17) is 10.2 Å². The van der Waals surface area contributed by atoms with E-state index in [1.807, 2.05) is 39.8 Å². The van der Waals surface area contributed by atoms with Crippen LogP contribution < -0.4 is 0 Å². The van der Waals surface area contributed by atoms with Crippen molar-refractivity contribution in [1.82, 2.24) is 0 Å². The Morgan fingerprint density at radius 2 is 0.818 bits per heavy atom. The van der Waals surface area contributed by atoms with Crippen LogP contribution in [0.25, 0.3) is 0 Å². The van der Waals surface area contributed by atoms with E-state index in [1.165, 1.54) is 0 Å². The van der Waals surface area contributed by atoms with Crippen molar-refractivity contribution in [2.24, 2.45) is 0 Å². The molecule has 2 aromatic rings. The van der Waals surface area contributed by atoms with E-state index < -0.39 is 11.9 Å². The number of carboxylic acid groups (broad SMARTS) is 2. The van der Waals surface area contributed by atoms with Gasteiger partial charge in [-0.15, -0.1) is 0 Å². The van der Waals surface area contributed by atoms with Crippen molar-refractivity contribution in [3.63, 3.8) is 0 Å². The quantitative estimate of drug-likeness (QED) is 0.879. The summed E-state index contributed by atoms with van der Waals surface area (Å²) in [7, 11) is 0. The number of aromatic carboxylic acids is 2. The van der Waals surface area contributed by atoms with E-state index in [-0.39, 0.29) is 0 Å². The molecule has 0 fully saturated rings. The van der Waals surface area contributed by atoms with Crippen LogP contribution in [0.15, 0.2) is 36.4 Å². The van der Waals surface area contributed by atoms with E-state index in [2.05, 4.69) is 0 Å². The minimum absolute atomic E-state index is 0.363. The van der Waals surface area contributed by atoms with Crippen molar-refractivity contribution >= 4 is 11.9 Å². The monoisotopic (exact) mass is 300 g/mol. The minimum Gasteiger partial charge on any atom is -0.478 e. The van der Waals surface area contributed by atoms with Crippen LogP contribution in [0.3, 0.4) is 0 Å². The summed E-state index contributed by atoms with van der Waals surface area (Å²) in [5.74, 6) is -1.73. The molecule has 0 atom stereocenters. The average molecular weight is 300 g/mol. The lowest BCUT2D eigenvalue weighted by Crippen LogP contribution is -1.96. The predicted molar refractivity (Wildman–Crippen MR) is 85.8 cm³/mol. The van der Waals surface area contributed by atoms with Crippen molar-refractivity contribution in [2.75, 3.05) is 0 Å². The van der Waals surface area contributed by atoms with Crippen LogP contribution in [-0.2, 0) is 0 Å². The highest BCUT2D eigenvalue weighted by molar-refractivity contribution is 5.88. The highest BCUT2D eigenvalue weighted by Crippen LogP contribution is 2.08. The predicted octanol–water partition coefficient (Wildman–Crippen LogP) is 4.00. The normalized spacial score (nSPS) is 9.64. The molecule has 0 heterocycles. The number of rotatable bonds is 2. The highest BCUT2D eigenvalue weighted by Gasteiger charge is 2.03. The van der Waals surface area contributed by atoms with Gasteiger partial charge >= 0.3 is 11.9 Å². The zero-order valence-corrected chi connectivity index (χ0v) is 13.2. The molecule has 0 spiro atoms. The fourth-order valence-corrected chi connectivity index (χ4v) is 2.20. The van der Waals surface area contributed by atoms with Gasteiger partial charge in [-0.1, -0.05) is 34.4 Å². The molecule has 0 unspecified atom stereocenters. The number of carbonyl (C=O) groups is 2. The van der Waals surface area contributed by atoms with Gasteiger partial charge in [-0.3, -0.25) is 0 Å². The third-order valence-electron chi connectivity index (χ3n) is 2.94. The first kappa shape index (κ1) is 17.4. The van der Waals surface area contributed by atoms with Gasteiger partial charge in [0.1, 0.15) is 0 Å². The SMILES string of the molecule is Cc1cc(C)cc(C(=O)O)c1.Cc1cc(C)cc(C(=O)O)c1. The van der Waals surface area contributed by atoms with Crippen molar-refractivity contribution in [3.8, 4) is 0 Å². The van der Waals surface area contributed by atoms with Crippen LogP contribution >= 0.6 is 0 Å². The summed E-state index contributed by atoms with van der Waals surface area (Å²) in [6, 6.07) is 10.5. The molecular formula is C18H20O4. The molecule has 2 N–H and O–H groups in total. The number of aryl methyl sites for hydroxylation is 4. The third-order valence-corrected chi connectivity index (χ3v) is 2.94. The molecule has 0 bridgehead atoms. The maximum atomic E-state index is 10.5. The van der Waals surface area contributed by atoms with Crippen LogP contribution in [0.5, 0.6) is 0 Å². The molecule has 0 aliphatic carbocycles. The first-order valence-corrected chi connectivity index (χ1v) is 6.82. The molecule has 0 aromatic heterocycles. The van der Waals surface area contributed by atoms with Gasteiger partial charge in [-0.2, -0.15) is 0 Å². The summed E-state index contributed by atoms with van der Waals surface area (Å²) in [6.45, 7) is 7.55. The molecule has 2 rings (SSSR count). The Morgan fingerprint density at radius 3 is 1.00 bits per heavy atom. The molecule has 0 radical (unpaired) electrons. The average Bonchev–Trinajstić information content (AvgIpc) is 2.37. The number of hydrogen-bond acceptors (Lipinski definition) is 2. The molecular weight excluding hydrogens is 280 g/mol. The molecule has 0 amide bonds. The molecule has 4 nitrogen and oxygen atoms in total. The molecule has 0 aliphatic heterocycles. The smallest absolute Gasteiger partial charge is 0.335 e. The maximum absolute atomic E-state index is 10.5. The zero-order valence-electron chi connectivity index (χ0n) is 13.2. The lowest BCUT2D eigenvalue weighted by molar-refractivity contribution is 0.0686. The van der Waals surface area contributed by atoms with E-state index in [1.54, 1.807) is 24.3 Å². The van der Waals surface area contributed by atoms with E-state index in [0.29, 0.717) is 11.1 Å². The van der Waals surface area contributed by atoms with Gasteiger partial charge in [-0.05, 0) is 52.0 Å². The molecule has 0 aliphatic rings. The third kappa shape index (κ3) is 5.40. The maximum Gasteiger partial charge on any atom is 0.335 e. The number of carboxylic acids is 2. The van der Waals surface area contributed by atoms with E-state index in [9.17, 15) is 9.59 Å². The summed E-state index contributed by atoms with van der Waals surface area (Å²) in [5.41, 5.74) is 4.68. The standard InChI is InChI=1S/2C9H10O2/c2*1-6-3-7(2)5-8(4-6)9(10)11/h2*3-5H,1-2H3,(H,10,11). The first-order chi connectivity index (χ1) is 10.2. The van der Waals surface area contributed by atoms with Gasteiger partial charge in [0.2, 0.25) is 0 Å². The largest absolute Gasteiger partial charge is 0.478 e. The summed E-state index contributed by atoms with van der Waals surface area (Å²) < 4.78 is 0. The fourth-order valence-electron chi connectivity index (χ4n) is 2.20. The van der Waals surface area contributed by atoms with Gasteiger partial charge in [0.15, 0.2) is 0 Å². The van der Waals surface area contributed by atoms with E-state index >= 15 is 0 Å². The van der Waals surface area contributed by atoms with Crippen molar-refractivity contribution < 1.29 is 19.8 Å². The van der Waals surface area contributed by atoms with Gasteiger partial charge in [0.25, 0.3) is 0 Å². The number of benzene rings is 2. The van der Waals surface area contributed by atoms with Crippen molar-refractivity contribution in [2.45, 2.75) is 27.7 Å². The van der Waals surface area contributed by atoms with Crippen LogP contribution in [0.1, 0.15) is 43.0 Å². The Balaban J connectivity index is 0.000000220. The Labute approximate surface area is 130 Å². The second kappa shape index (κ2) is 7.41. The second-order valence-corrected chi connectivity index (χ2v) is 5.36. The Morgan fingerprint density at radius 1 is 0.591 bits per heavy atom. The summed E-state index contributed by atoms with van der Waals surface area (Å²) >= 11 is 0. The molecule has 0 saturated carbocycles. The highest BCUT2D eigenvalue weighted by atomic mass is 16.4. The first-order valence-electron chi connectivity index (χ1n) is 6.82. The molecule has 116 valence electrons. The lowest BCUT2D eigenvalue weighted by atomic mass is 10.1. The molecule has 0 saturated heterocycles. The zero-order chi connectivity index (χ0) is 16.9. The lowest BCUT2D eigenvalue weighted by Gasteiger charge is -1.98. The summed E-state index contributed by atoms with van der Waals surface area (Å²) in [4.78, 5) is 21.0. The van der Waals surface area contributed by atoms with Gasteiger partial charge in [0, 0.05) is 0 Å². The van der Waals surface area contributed by atoms with Crippen LogP contribution in [-0.4, -0.2) is 22.2 Å². The Bertz CT molecular complexity index is 600. The van der Waals surface area contributed by atoms with Crippen LogP contribution in [0.2, 0.25) is 0 Å². The van der Waals surface area contributed by atoms with Gasteiger partial charge < -0.3 is 10.2 Å². The Hall–Kier alpha value is -2.62. The van der Waals surface area contributed by atoms with Gasteiger partial charge in [-0.25, -0.2) is 9.59 Å². The minimum atomic E-state index is -0.864. The van der Waals surface area contributed by atoms with Crippen LogP contribution in [0, 0.1) is 27.7 Å². The van der Waals surface area contributed by atoms with E-state index in [0.717, 1.165) is 22.3 Å².